The number of hydrogen-bond acceptors (Lipinski definition) is 5. The molecule has 2 N–H and O–H groups in total. The highest BCUT2D eigenvalue weighted by atomic mass is 127. The van der Waals surface area contributed by atoms with Gasteiger partial charge in [0.05, 0.1) is 19.7 Å². The van der Waals surface area contributed by atoms with Gasteiger partial charge in [0.15, 0.2) is 5.96 Å². The number of likely N-dealkylation sites (N-methyl/N-ethyl adjacent to an activating group) is 1. The number of methoxy groups -OCH3 is 1. The summed E-state index contributed by atoms with van der Waals surface area (Å²) in [7, 11) is 5.85. The lowest BCUT2D eigenvalue weighted by Gasteiger charge is -2.27. The molecule has 1 heterocycles. The molecule has 1 atom stereocenters. The van der Waals surface area contributed by atoms with E-state index in [1.165, 1.54) is 4.88 Å². The number of nitrogens with one attached hydrogen (secondary N) is 2. The van der Waals surface area contributed by atoms with Gasteiger partial charge in [-0.2, -0.15) is 0 Å². The van der Waals surface area contributed by atoms with Crippen molar-refractivity contribution < 1.29 is 4.74 Å². The minimum absolute atomic E-state index is 0. The maximum atomic E-state index is 5.53. The summed E-state index contributed by atoms with van der Waals surface area (Å²) in [5, 5.41) is 7.77. The zero-order chi connectivity index (χ0) is 18.9. The lowest BCUT2D eigenvalue weighted by molar-refractivity contribution is 0.287. The molecule has 0 fully saturated rings. The molecule has 0 saturated carbocycles. The second-order valence-electron chi connectivity index (χ2n) is 6.16. The molecule has 0 spiro atoms. The van der Waals surface area contributed by atoms with E-state index in [9.17, 15) is 0 Å². The van der Waals surface area contributed by atoms with Crippen LogP contribution >= 0.6 is 35.3 Å². The van der Waals surface area contributed by atoms with Crippen LogP contribution in [-0.2, 0) is 6.54 Å². The summed E-state index contributed by atoms with van der Waals surface area (Å²) in [6.07, 6.45) is 1.89. The Morgan fingerprint density at radius 1 is 1.30 bits per heavy atom. The number of aliphatic imine (C=N–C) groups is 1. The molecule has 2 rings (SSSR count). The molecule has 0 aliphatic carbocycles. The number of thiazole rings is 1. The van der Waals surface area contributed by atoms with E-state index in [2.05, 4.69) is 59.5 Å². The predicted molar refractivity (Wildman–Crippen MR) is 125 cm³/mol. The van der Waals surface area contributed by atoms with Gasteiger partial charge in [-0.25, -0.2) is 9.98 Å². The fourth-order valence-electron chi connectivity index (χ4n) is 2.67. The summed E-state index contributed by atoms with van der Waals surface area (Å²) < 4.78 is 5.53. The first-order chi connectivity index (χ1) is 12.5. The van der Waals surface area contributed by atoms with Crippen LogP contribution in [0.4, 0.5) is 0 Å². The number of hydrogen-bond donors (Lipinski definition) is 2. The minimum Gasteiger partial charge on any atom is -0.496 e. The Kier molecular flexibility index (Phi) is 10.6. The van der Waals surface area contributed by atoms with Gasteiger partial charge in [-0.15, -0.1) is 35.3 Å². The first kappa shape index (κ1) is 23.6. The molecule has 2 aromatic rings. The van der Waals surface area contributed by atoms with Gasteiger partial charge < -0.3 is 20.3 Å². The van der Waals surface area contributed by atoms with E-state index in [1.807, 2.05) is 24.4 Å². The quantitative estimate of drug-likeness (QED) is 0.329. The third kappa shape index (κ3) is 7.27. The Balaban J connectivity index is 0.00000364. The first-order valence-corrected chi connectivity index (χ1v) is 9.59. The fraction of sp³-hybridized carbons (Fsp3) is 0.474. The molecule has 0 amide bonds. The van der Waals surface area contributed by atoms with Crippen LogP contribution in [-0.4, -0.2) is 50.1 Å². The number of rotatable bonds is 8. The zero-order valence-electron chi connectivity index (χ0n) is 16.7. The van der Waals surface area contributed by atoms with Crippen LogP contribution in [0.5, 0.6) is 5.75 Å². The molecule has 0 bridgehead atoms. The second kappa shape index (κ2) is 12.1. The monoisotopic (exact) mass is 503 g/mol. The number of halogens is 1. The van der Waals surface area contributed by atoms with Crippen molar-refractivity contribution in [2.45, 2.75) is 26.4 Å². The fourth-order valence-corrected chi connectivity index (χ4v) is 3.38. The Morgan fingerprint density at radius 3 is 2.63 bits per heavy atom. The van der Waals surface area contributed by atoms with Gasteiger partial charge in [-0.1, -0.05) is 18.2 Å². The summed E-state index contributed by atoms with van der Waals surface area (Å²) in [5.74, 6) is 1.69. The van der Waals surface area contributed by atoms with Crippen LogP contribution in [0.3, 0.4) is 0 Å². The summed E-state index contributed by atoms with van der Waals surface area (Å²) >= 11 is 1.68. The van der Waals surface area contributed by atoms with Crippen LogP contribution < -0.4 is 15.4 Å². The molecule has 8 heteroatoms. The number of benzene rings is 1. The maximum Gasteiger partial charge on any atom is 0.191 e. The average Bonchev–Trinajstić information content (AvgIpc) is 3.05. The molecule has 1 unspecified atom stereocenters. The van der Waals surface area contributed by atoms with Gasteiger partial charge in [-0.3, -0.25) is 0 Å². The molecular formula is C19H30IN5OS. The van der Waals surface area contributed by atoms with Crippen molar-refractivity contribution in [1.82, 2.24) is 20.5 Å². The number of guanidine groups is 1. The lowest BCUT2D eigenvalue weighted by atomic mass is 10.0. The van der Waals surface area contributed by atoms with Crippen molar-refractivity contribution in [2.24, 2.45) is 4.99 Å². The van der Waals surface area contributed by atoms with Crippen molar-refractivity contribution >= 4 is 41.3 Å². The van der Waals surface area contributed by atoms with E-state index in [0.29, 0.717) is 6.54 Å². The number of nitrogens with zero attached hydrogens (tertiary/aromatic N) is 3. The van der Waals surface area contributed by atoms with Crippen LogP contribution in [0.15, 0.2) is 35.5 Å². The Labute approximate surface area is 183 Å². The number of para-hydroxylation sites is 1. The van der Waals surface area contributed by atoms with Crippen LogP contribution in [0.2, 0.25) is 0 Å². The Hall–Kier alpha value is -1.39. The highest BCUT2D eigenvalue weighted by Gasteiger charge is 2.18. The van der Waals surface area contributed by atoms with Crippen molar-refractivity contribution in [2.75, 3.05) is 34.3 Å². The van der Waals surface area contributed by atoms with E-state index >= 15 is 0 Å². The van der Waals surface area contributed by atoms with Crippen LogP contribution in [0, 0.1) is 6.92 Å². The zero-order valence-corrected chi connectivity index (χ0v) is 19.8. The van der Waals surface area contributed by atoms with E-state index in [-0.39, 0.29) is 30.0 Å². The highest BCUT2D eigenvalue weighted by Crippen LogP contribution is 2.27. The van der Waals surface area contributed by atoms with Gasteiger partial charge in [-0.05, 0) is 34.0 Å². The van der Waals surface area contributed by atoms with E-state index in [1.54, 1.807) is 18.4 Å². The van der Waals surface area contributed by atoms with Crippen LogP contribution in [0.1, 0.15) is 28.4 Å². The van der Waals surface area contributed by atoms with Gasteiger partial charge >= 0.3 is 0 Å². The molecule has 1 aromatic heterocycles. The SMILES string of the molecule is CCNC(=NCc1ncc(C)s1)NCC(c1ccccc1OC)N(C)C.I. The maximum absolute atomic E-state index is 5.53. The number of aryl methyl sites for hydroxylation is 1. The van der Waals surface area contributed by atoms with Crippen molar-refractivity contribution in [3.63, 3.8) is 0 Å². The van der Waals surface area contributed by atoms with Gasteiger partial charge in [0.2, 0.25) is 0 Å². The standard InChI is InChI=1S/C19H29N5OS.HI/c1-6-20-19(23-13-18-21-11-14(2)26-18)22-12-16(24(3)4)15-9-7-8-10-17(15)25-5;/h7-11,16H,6,12-13H2,1-5H3,(H2,20,22,23);1H. The highest BCUT2D eigenvalue weighted by molar-refractivity contribution is 14.0. The van der Waals surface area contributed by atoms with E-state index in [4.69, 9.17) is 4.74 Å². The summed E-state index contributed by atoms with van der Waals surface area (Å²) in [4.78, 5) is 12.4. The first-order valence-electron chi connectivity index (χ1n) is 8.78. The molecule has 0 aliphatic rings. The smallest absolute Gasteiger partial charge is 0.191 e. The van der Waals surface area contributed by atoms with Gasteiger partial charge in [0.25, 0.3) is 0 Å². The number of aromatic nitrogens is 1. The molecule has 6 nitrogen and oxygen atoms in total. The molecular weight excluding hydrogens is 473 g/mol. The van der Waals surface area contributed by atoms with Gasteiger partial charge in [0.1, 0.15) is 10.8 Å². The Bertz CT molecular complexity index is 720. The molecule has 1 aromatic carbocycles. The molecule has 0 saturated heterocycles. The summed E-state index contributed by atoms with van der Waals surface area (Å²) in [6, 6.07) is 8.29. The average molecular weight is 503 g/mol. The largest absolute Gasteiger partial charge is 0.496 e. The molecule has 27 heavy (non-hydrogen) atoms. The van der Waals surface area contributed by atoms with Crippen molar-refractivity contribution in [3.05, 3.63) is 45.9 Å². The minimum atomic E-state index is 0. The number of ether oxygens (including phenoxy) is 1. The van der Waals surface area contributed by atoms with Crippen LogP contribution in [0.25, 0.3) is 0 Å². The van der Waals surface area contributed by atoms with E-state index < -0.39 is 0 Å². The Morgan fingerprint density at radius 2 is 2.04 bits per heavy atom. The third-order valence-corrected chi connectivity index (χ3v) is 4.87. The normalized spacial score (nSPS) is 12.4. The summed E-state index contributed by atoms with van der Waals surface area (Å²) in [6.45, 7) is 6.23. The third-order valence-electron chi connectivity index (χ3n) is 3.97. The topological polar surface area (TPSA) is 61.8 Å². The lowest BCUT2D eigenvalue weighted by Crippen LogP contribution is -2.41. The second-order valence-corrected chi connectivity index (χ2v) is 7.48. The predicted octanol–water partition coefficient (Wildman–Crippen LogP) is 3.44. The summed E-state index contributed by atoms with van der Waals surface area (Å²) in [5.41, 5.74) is 1.15. The van der Waals surface area contributed by atoms with Crippen molar-refractivity contribution in [1.29, 1.82) is 0 Å². The molecule has 0 aliphatic heterocycles. The van der Waals surface area contributed by atoms with E-state index in [0.717, 1.165) is 35.4 Å². The molecule has 0 radical (unpaired) electrons. The molecule has 150 valence electrons. The van der Waals surface area contributed by atoms with Crippen molar-refractivity contribution in [3.8, 4) is 5.75 Å². The van der Waals surface area contributed by atoms with Gasteiger partial charge in [0, 0.05) is 29.7 Å².